The number of aryl methyl sites for hydroxylation is 2. The van der Waals surface area contributed by atoms with Crippen LogP contribution in [0.5, 0.6) is 0 Å². The zero-order chi connectivity index (χ0) is 17.9. The Morgan fingerprint density at radius 2 is 1.15 bits per heavy atom. The van der Waals surface area contributed by atoms with Gasteiger partial charge in [0.15, 0.2) is 0 Å². The van der Waals surface area contributed by atoms with E-state index in [9.17, 15) is 0 Å². The lowest BCUT2D eigenvalue weighted by molar-refractivity contribution is 0.557. The molecule has 0 radical (unpaired) electrons. The van der Waals surface area contributed by atoms with Gasteiger partial charge in [-0.3, -0.25) is 0 Å². The Labute approximate surface area is 158 Å². The maximum absolute atomic E-state index is 4.65. The van der Waals surface area contributed by atoms with Crippen LogP contribution in [0.4, 0.5) is 0 Å². The first kappa shape index (κ1) is 18.7. The van der Waals surface area contributed by atoms with Crippen LogP contribution >= 0.6 is 0 Å². The van der Waals surface area contributed by atoms with Gasteiger partial charge in [-0.25, -0.2) is 4.98 Å². The largest absolute Gasteiger partial charge is 0.342 e. The third kappa shape index (κ3) is 6.33. The molecule has 26 heavy (non-hydrogen) atoms. The highest BCUT2D eigenvalue weighted by Crippen LogP contribution is 2.14. The third-order valence-electron chi connectivity index (χ3n) is 5.16. The number of hydrogen-bond donors (Lipinski definition) is 1. The van der Waals surface area contributed by atoms with E-state index < -0.39 is 0 Å². The molecule has 1 aromatic heterocycles. The lowest BCUT2D eigenvalue weighted by Crippen LogP contribution is -1.89. The molecule has 138 valence electrons. The lowest BCUT2D eigenvalue weighted by atomic mass is 10.0. The fourth-order valence-corrected chi connectivity index (χ4v) is 3.63. The van der Waals surface area contributed by atoms with Crippen molar-refractivity contribution < 1.29 is 0 Å². The normalized spacial score (nSPS) is 11.2. The smallest absolute Gasteiger partial charge is 0.107 e. The van der Waals surface area contributed by atoms with Crippen LogP contribution in [0.2, 0.25) is 0 Å². The molecule has 0 saturated heterocycles. The van der Waals surface area contributed by atoms with Gasteiger partial charge in [0.25, 0.3) is 0 Å². The van der Waals surface area contributed by atoms with E-state index in [0.29, 0.717) is 0 Å². The third-order valence-corrected chi connectivity index (χ3v) is 5.16. The van der Waals surface area contributed by atoms with E-state index in [1.807, 2.05) is 0 Å². The van der Waals surface area contributed by atoms with E-state index in [1.54, 1.807) is 0 Å². The van der Waals surface area contributed by atoms with Crippen LogP contribution < -0.4 is 0 Å². The zero-order valence-electron chi connectivity index (χ0n) is 15.9. The number of aromatic amines is 1. The fraction of sp³-hybridized carbons (Fsp3) is 0.458. The number of fused-ring (bicyclic) bond motifs is 1. The van der Waals surface area contributed by atoms with Crippen molar-refractivity contribution in [1.29, 1.82) is 0 Å². The Morgan fingerprint density at radius 3 is 1.85 bits per heavy atom. The van der Waals surface area contributed by atoms with Crippen LogP contribution in [0.25, 0.3) is 11.0 Å². The molecule has 0 spiro atoms. The molecule has 0 amide bonds. The predicted molar refractivity (Wildman–Crippen MR) is 111 cm³/mol. The molecule has 3 aromatic rings. The maximum Gasteiger partial charge on any atom is 0.107 e. The van der Waals surface area contributed by atoms with Crippen molar-refractivity contribution in [1.82, 2.24) is 9.97 Å². The van der Waals surface area contributed by atoms with Gasteiger partial charge in [0, 0.05) is 6.42 Å². The van der Waals surface area contributed by atoms with Gasteiger partial charge in [0.2, 0.25) is 0 Å². The Kier molecular flexibility index (Phi) is 7.77. The number of aromatic nitrogens is 2. The van der Waals surface area contributed by atoms with Crippen molar-refractivity contribution in [2.45, 2.75) is 70.6 Å². The van der Waals surface area contributed by atoms with Crippen molar-refractivity contribution in [2.75, 3.05) is 0 Å². The van der Waals surface area contributed by atoms with Crippen LogP contribution in [-0.2, 0) is 12.8 Å². The summed E-state index contributed by atoms with van der Waals surface area (Å²) in [6, 6.07) is 19.2. The Balaban J connectivity index is 1.15. The van der Waals surface area contributed by atoms with Gasteiger partial charge in [-0.15, -0.1) is 0 Å². The van der Waals surface area contributed by atoms with Crippen LogP contribution in [-0.4, -0.2) is 9.97 Å². The first-order valence-electron chi connectivity index (χ1n) is 10.4. The Hall–Kier alpha value is -2.09. The average Bonchev–Trinajstić information content (AvgIpc) is 3.10. The molecule has 0 aliphatic carbocycles. The van der Waals surface area contributed by atoms with E-state index in [0.717, 1.165) is 23.3 Å². The van der Waals surface area contributed by atoms with Crippen LogP contribution in [0.1, 0.15) is 69.2 Å². The summed E-state index contributed by atoms with van der Waals surface area (Å²) in [7, 11) is 0. The van der Waals surface area contributed by atoms with Crippen molar-refractivity contribution in [3.8, 4) is 0 Å². The molecule has 1 N–H and O–H groups in total. The molecule has 2 aromatic carbocycles. The number of para-hydroxylation sites is 2. The van der Waals surface area contributed by atoms with Gasteiger partial charge in [0.1, 0.15) is 5.82 Å². The van der Waals surface area contributed by atoms with E-state index in [4.69, 9.17) is 0 Å². The van der Waals surface area contributed by atoms with Crippen LogP contribution in [0, 0.1) is 0 Å². The standard InChI is InChI=1S/C24H32N2/c1(2-4-6-9-15-21-16-10-8-11-17-21)3-5-7-12-20-24-25-22-18-13-14-19-23(22)26-24/h8,10-11,13-14,16-19H,1-7,9,12,15,20H2,(H,25,26). The quantitative estimate of drug-likeness (QED) is 0.356. The average molecular weight is 349 g/mol. The monoisotopic (exact) mass is 348 g/mol. The van der Waals surface area contributed by atoms with Crippen LogP contribution in [0.15, 0.2) is 54.6 Å². The Bertz CT molecular complexity index is 712. The summed E-state index contributed by atoms with van der Waals surface area (Å²) in [5.74, 6) is 1.14. The second kappa shape index (κ2) is 10.8. The van der Waals surface area contributed by atoms with Gasteiger partial charge < -0.3 is 4.98 Å². The number of hydrogen-bond acceptors (Lipinski definition) is 1. The van der Waals surface area contributed by atoms with Gasteiger partial charge >= 0.3 is 0 Å². The minimum absolute atomic E-state index is 1.08. The number of H-pyrrole nitrogens is 1. The zero-order valence-corrected chi connectivity index (χ0v) is 15.9. The van der Waals surface area contributed by atoms with E-state index in [2.05, 4.69) is 64.6 Å². The van der Waals surface area contributed by atoms with Crippen LogP contribution in [0.3, 0.4) is 0 Å². The van der Waals surface area contributed by atoms with Crippen molar-refractivity contribution in [3.63, 3.8) is 0 Å². The summed E-state index contributed by atoms with van der Waals surface area (Å²) in [4.78, 5) is 8.08. The molecule has 0 bridgehead atoms. The number of rotatable bonds is 12. The SMILES string of the molecule is c1ccc(CCCCCCCCCCCc2nc3ccccc3[nH]2)cc1. The molecule has 2 nitrogen and oxygen atoms in total. The number of unbranched alkanes of at least 4 members (excludes halogenated alkanes) is 8. The molecule has 0 aliphatic heterocycles. The second-order valence-corrected chi connectivity index (χ2v) is 7.37. The second-order valence-electron chi connectivity index (χ2n) is 7.37. The number of benzene rings is 2. The topological polar surface area (TPSA) is 28.7 Å². The van der Waals surface area contributed by atoms with E-state index >= 15 is 0 Å². The summed E-state index contributed by atoms with van der Waals surface area (Å²) >= 11 is 0. The van der Waals surface area contributed by atoms with Crippen molar-refractivity contribution in [2.24, 2.45) is 0 Å². The summed E-state index contributed by atoms with van der Waals surface area (Å²) in [6.07, 6.45) is 14.5. The van der Waals surface area contributed by atoms with E-state index in [1.165, 1.54) is 69.8 Å². The summed E-state index contributed by atoms with van der Waals surface area (Å²) in [5.41, 5.74) is 3.74. The molecule has 0 unspecified atom stereocenters. The van der Waals surface area contributed by atoms with E-state index in [-0.39, 0.29) is 0 Å². The molecule has 0 aliphatic rings. The molecule has 2 heteroatoms. The van der Waals surface area contributed by atoms with Gasteiger partial charge in [-0.05, 0) is 37.0 Å². The highest BCUT2D eigenvalue weighted by Gasteiger charge is 2.01. The highest BCUT2D eigenvalue weighted by molar-refractivity contribution is 5.74. The fourth-order valence-electron chi connectivity index (χ4n) is 3.63. The minimum atomic E-state index is 1.08. The molecular formula is C24H32N2. The molecule has 0 fully saturated rings. The molecule has 1 heterocycles. The van der Waals surface area contributed by atoms with Gasteiger partial charge in [0.05, 0.1) is 11.0 Å². The van der Waals surface area contributed by atoms with Crippen molar-refractivity contribution >= 4 is 11.0 Å². The number of nitrogens with zero attached hydrogens (tertiary/aromatic N) is 1. The van der Waals surface area contributed by atoms with Gasteiger partial charge in [-0.2, -0.15) is 0 Å². The Morgan fingerprint density at radius 1 is 0.577 bits per heavy atom. The molecule has 3 rings (SSSR count). The summed E-state index contributed by atoms with van der Waals surface area (Å²) in [5, 5.41) is 0. The van der Waals surface area contributed by atoms with Crippen molar-refractivity contribution in [3.05, 3.63) is 66.0 Å². The highest BCUT2D eigenvalue weighted by atomic mass is 14.9. The number of imidazole rings is 1. The molecule has 0 atom stereocenters. The summed E-state index contributed by atoms with van der Waals surface area (Å²) in [6.45, 7) is 0. The first-order valence-corrected chi connectivity index (χ1v) is 10.4. The summed E-state index contributed by atoms with van der Waals surface area (Å²) < 4.78 is 0. The lowest BCUT2D eigenvalue weighted by Gasteiger charge is -2.03. The molecule has 0 saturated carbocycles. The minimum Gasteiger partial charge on any atom is -0.342 e. The van der Waals surface area contributed by atoms with Gasteiger partial charge in [-0.1, -0.05) is 87.4 Å². The first-order chi connectivity index (χ1) is 12.9. The number of nitrogens with one attached hydrogen (secondary N) is 1. The predicted octanol–water partition coefficient (Wildman–Crippen LogP) is 6.86. The maximum atomic E-state index is 4.65. The molecular weight excluding hydrogens is 316 g/mol.